The molecule has 1 aromatic heterocycles. The SMILES string of the molecule is CC(O)C1CCCCN1Cc1ccc(-n2cccn2)cc1. The van der Waals surface area contributed by atoms with E-state index < -0.39 is 0 Å². The highest BCUT2D eigenvalue weighted by atomic mass is 16.3. The summed E-state index contributed by atoms with van der Waals surface area (Å²) in [6.07, 6.45) is 7.04. The Bertz CT molecular complexity index is 548. The van der Waals surface area contributed by atoms with E-state index in [0.717, 1.165) is 25.2 Å². The van der Waals surface area contributed by atoms with Crippen LogP contribution in [0.5, 0.6) is 0 Å². The zero-order valence-electron chi connectivity index (χ0n) is 12.5. The van der Waals surface area contributed by atoms with Crippen molar-refractivity contribution in [3.8, 4) is 5.69 Å². The van der Waals surface area contributed by atoms with Crippen molar-refractivity contribution in [2.45, 2.75) is 44.9 Å². The van der Waals surface area contributed by atoms with Crippen LogP contribution >= 0.6 is 0 Å². The van der Waals surface area contributed by atoms with Gasteiger partial charge in [0.05, 0.1) is 11.8 Å². The van der Waals surface area contributed by atoms with Crippen molar-refractivity contribution in [1.82, 2.24) is 14.7 Å². The monoisotopic (exact) mass is 285 g/mol. The van der Waals surface area contributed by atoms with Gasteiger partial charge in [0, 0.05) is 25.0 Å². The first-order valence-electron chi connectivity index (χ1n) is 7.75. The summed E-state index contributed by atoms with van der Waals surface area (Å²) < 4.78 is 1.86. The highest BCUT2D eigenvalue weighted by molar-refractivity contribution is 5.33. The first-order chi connectivity index (χ1) is 10.2. The second kappa shape index (κ2) is 6.41. The standard InChI is InChI=1S/C17H23N3O/c1-14(21)17-5-2-3-11-19(17)13-15-6-8-16(9-7-15)20-12-4-10-18-20/h4,6-10,12,14,17,21H,2-3,5,11,13H2,1H3. The summed E-state index contributed by atoms with van der Waals surface area (Å²) in [5, 5.41) is 14.2. The fourth-order valence-corrected chi connectivity index (χ4v) is 3.17. The van der Waals surface area contributed by atoms with Crippen LogP contribution in [0.3, 0.4) is 0 Å². The van der Waals surface area contributed by atoms with Gasteiger partial charge in [-0.1, -0.05) is 18.6 Å². The summed E-state index contributed by atoms with van der Waals surface area (Å²) in [6.45, 7) is 3.90. The average molecular weight is 285 g/mol. The lowest BCUT2D eigenvalue weighted by Gasteiger charge is -2.37. The van der Waals surface area contributed by atoms with Gasteiger partial charge < -0.3 is 5.11 Å². The Hall–Kier alpha value is -1.65. The molecule has 3 rings (SSSR count). The quantitative estimate of drug-likeness (QED) is 0.939. The molecule has 2 unspecified atom stereocenters. The largest absolute Gasteiger partial charge is 0.392 e. The van der Waals surface area contributed by atoms with Gasteiger partial charge in [-0.25, -0.2) is 4.68 Å². The van der Waals surface area contributed by atoms with E-state index in [1.165, 1.54) is 18.4 Å². The number of aromatic nitrogens is 2. The first kappa shape index (κ1) is 14.3. The van der Waals surface area contributed by atoms with E-state index in [9.17, 15) is 5.11 Å². The van der Waals surface area contributed by atoms with Gasteiger partial charge in [-0.15, -0.1) is 0 Å². The molecule has 4 heteroatoms. The Kier molecular flexibility index (Phi) is 4.36. The van der Waals surface area contributed by atoms with Crippen molar-refractivity contribution in [2.75, 3.05) is 6.54 Å². The summed E-state index contributed by atoms with van der Waals surface area (Å²) in [7, 11) is 0. The number of benzene rings is 1. The molecule has 0 spiro atoms. The molecule has 112 valence electrons. The molecule has 2 heterocycles. The molecule has 0 amide bonds. The van der Waals surface area contributed by atoms with Gasteiger partial charge in [0.25, 0.3) is 0 Å². The number of rotatable bonds is 4. The van der Waals surface area contributed by atoms with E-state index in [4.69, 9.17) is 0 Å². The molecule has 1 aromatic carbocycles. The molecule has 1 aliphatic heterocycles. The van der Waals surface area contributed by atoms with Crippen molar-refractivity contribution in [1.29, 1.82) is 0 Å². The minimum absolute atomic E-state index is 0.256. The summed E-state index contributed by atoms with van der Waals surface area (Å²) in [6, 6.07) is 10.7. The van der Waals surface area contributed by atoms with Crippen molar-refractivity contribution >= 4 is 0 Å². The van der Waals surface area contributed by atoms with Crippen molar-refractivity contribution < 1.29 is 5.11 Å². The molecule has 2 aromatic rings. The van der Waals surface area contributed by atoms with Crippen molar-refractivity contribution in [3.05, 3.63) is 48.3 Å². The van der Waals surface area contributed by atoms with Crippen LogP contribution in [0, 0.1) is 0 Å². The van der Waals surface area contributed by atoms with Gasteiger partial charge in [-0.05, 0) is 50.1 Å². The normalized spacial score (nSPS) is 21.3. The van der Waals surface area contributed by atoms with Crippen molar-refractivity contribution in [2.24, 2.45) is 0 Å². The summed E-state index contributed by atoms with van der Waals surface area (Å²) in [5.74, 6) is 0. The van der Waals surface area contributed by atoms with E-state index >= 15 is 0 Å². The van der Waals surface area contributed by atoms with Gasteiger partial charge in [0.2, 0.25) is 0 Å². The summed E-state index contributed by atoms with van der Waals surface area (Å²) in [5.41, 5.74) is 2.37. The Morgan fingerprint density at radius 3 is 2.76 bits per heavy atom. The molecular formula is C17H23N3O. The summed E-state index contributed by atoms with van der Waals surface area (Å²) in [4.78, 5) is 2.41. The number of likely N-dealkylation sites (tertiary alicyclic amines) is 1. The van der Waals surface area contributed by atoms with Crippen LogP contribution in [0.1, 0.15) is 31.7 Å². The Labute approximate surface area is 126 Å². The second-order valence-corrected chi connectivity index (χ2v) is 5.89. The third kappa shape index (κ3) is 3.34. The third-order valence-corrected chi connectivity index (χ3v) is 4.31. The topological polar surface area (TPSA) is 41.3 Å². The maximum Gasteiger partial charge on any atom is 0.0667 e. The molecule has 1 saturated heterocycles. The van der Waals surface area contributed by atoms with Crippen LogP contribution in [0.2, 0.25) is 0 Å². The molecule has 1 fully saturated rings. The lowest BCUT2D eigenvalue weighted by Crippen LogP contribution is -2.45. The zero-order chi connectivity index (χ0) is 14.7. The van der Waals surface area contributed by atoms with E-state index in [1.807, 2.05) is 23.9 Å². The van der Waals surface area contributed by atoms with Crippen molar-refractivity contribution in [3.63, 3.8) is 0 Å². The van der Waals surface area contributed by atoms with E-state index in [0.29, 0.717) is 6.04 Å². The molecule has 0 saturated carbocycles. The molecule has 1 aliphatic rings. The fraction of sp³-hybridized carbons (Fsp3) is 0.471. The molecule has 2 atom stereocenters. The van der Waals surface area contributed by atoms with Crippen LogP contribution in [0.25, 0.3) is 5.69 Å². The average Bonchev–Trinajstić information content (AvgIpc) is 3.03. The number of nitrogens with zero attached hydrogens (tertiary/aromatic N) is 3. The van der Waals surface area contributed by atoms with Gasteiger partial charge in [-0.2, -0.15) is 5.10 Å². The van der Waals surface area contributed by atoms with E-state index in [-0.39, 0.29) is 6.10 Å². The first-order valence-corrected chi connectivity index (χ1v) is 7.75. The zero-order valence-corrected chi connectivity index (χ0v) is 12.5. The predicted molar refractivity (Wildman–Crippen MR) is 83.3 cm³/mol. The van der Waals surface area contributed by atoms with E-state index in [2.05, 4.69) is 34.3 Å². The molecular weight excluding hydrogens is 262 g/mol. The minimum atomic E-state index is -0.256. The summed E-state index contributed by atoms with van der Waals surface area (Å²) >= 11 is 0. The van der Waals surface area contributed by atoms with Crippen LogP contribution in [-0.4, -0.2) is 38.5 Å². The second-order valence-electron chi connectivity index (χ2n) is 5.89. The Morgan fingerprint density at radius 2 is 2.10 bits per heavy atom. The molecule has 1 N–H and O–H groups in total. The highest BCUT2D eigenvalue weighted by Gasteiger charge is 2.25. The fourth-order valence-electron chi connectivity index (χ4n) is 3.17. The molecule has 0 aliphatic carbocycles. The van der Waals surface area contributed by atoms with Crippen LogP contribution in [-0.2, 0) is 6.54 Å². The smallest absolute Gasteiger partial charge is 0.0667 e. The number of aliphatic hydroxyl groups is 1. The molecule has 0 radical (unpaired) electrons. The molecule has 21 heavy (non-hydrogen) atoms. The maximum atomic E-state index is 9.94. The maximum absolute atomic E-state index is 9.94. The lowest BCUT2D eigenvalue weighted by molar-refractivity contribution is 0.0317. The van der Waals surface area contributed by atoms with Crippen LogP contribution < -0.4 is 0 Å². The predicted octanol–water partition coefficient (Wildman–Crippen LogP) is 2.61. The van der Waals surface area contributed by atoms with E-state index in [1.54, 1.807) is 6.20 Å². The minimum Gasteiger partial charge on any atom is -0.392 e. The van der Waals surface area contributed by atoms with Gasteiger partial charge in [-0.3, -0.25) is 4.90 Å². The van der Waals surface area contributed by atoms with Gasteiger partial charge in [0.15, 0.2) is 0 Å². The number of hydrogen-bond acceptors (Lipinski definition) is 3. The third-order valence-electron chi connectivity index (χ3n) is 4.31. The Morgan fingerprint density at radius 1 is 1.29 bits per heavy atom. The highest BCUT2D eigenvalue weighted by Crippen LogP contribution is 2.22. The number of piperidine rings is 1. The van der Waals surface area contributed by atoms with Gasteiger partial charge in [0.1, 0.15) is 0 Å². The number of hydrogen-bond donors (Lipinski definition) is 1. The van der Waals surface area contributed by atoms with Crippen LogP contribution in [0.15, 0.2) is 42.7 Å². The molecule has 0 bridgehead atoms. The van der Waals surface area contributed by atoms with Crippen LogP contribution in [0.4, 0.5) is 0 Å². The Balaban J connectivity index is 1.69. The number of aliphatic hydroxyl groups excluding tert-OH is 1. The lowest BCUT2D eigenvalue weighted by atomic mass is 9.97. The molecule has 4 nitrogen and oxygen atoms in total. The van der Waals surface area contributed by atoms with Gasteiger partial charge >= 0.3 is 0 Å².